The molecule has 0 spiro atoms. The van der Waals surface area contributed by atoms with Gasteiger partial charge < -0.3 is 28.4 Å². The molecule has 0 aromatic heterocycles. The Balaban J connectivity index is 1.46. The fraction of sp³-hybridized carbons (Fsp3) is 0.257. The van der Waals surface area contributed by atoms with Gasteiger partial charge in [0.25, 0.3) is 0 Å². The molecule has 3 aromatic rings. The van der Waals surface area contributed by atoms with Gasteiger partial charge in [-0.1, -0.05) is 13.2 Å². The Bertz CT molecular complexity index is 1490. The molecule has 0 aliphatic heterocycles. The third-order valence-corrected chi connectivity index (χ3v) is 6.29. The summed E-state index contributed by atoms with van der Waals surface area (Å²) in [6, 6.07) is 17.6. The topological polar surface area (TPSA) is 124 Å². The third kappa shape index (κ3) is 11.3. The molecule has 0 aliphatic rings. The standard InChI is InChI=1S/C35H36O10/c1-6-32(36)42-24(4)18-20-40-28-12-8-26(9-13-28)34(38)44-30-16-17-31(23(3)22-30)45-35(39)27-10-14-29(15-11-27)41-21-19-25(5)43-33(37)7-2/h6-17,22,24-25H,1-2,18-21H2,3-5H3. The summed E-state index contributed by atoms with van der Waals surface area (Å²) in [5.41, 5.74) is 1.24. The van der Waals surface area contributed by atoms with Crippen molar-refractivity contribution in [3.63, 3.8) is 0 Å². The Morgan fingerprint density at radius 2 is 1.07 bits per heavy atom. The first-order valence-electron chi connectivity index (χ1n) is 14.2. The highest BCUT2D eigenvalue weighted by Crippen LogP contribution is 2.26. The number of ether oxygens (including phenoxy) is 6. The number of benzene rings is 3. The molecule has 3 aromatic carbocycles. The van der Waals surface area contributed by atoms with Gasteiger partial charge in [0.15, 0.2) is 0 Å². The fourth-order valence-corrected chi connectivity index (χ4v) is 3.80. The van der Waals surface area contributed by atoms with E-state index < -0.39 is 23.9 Å². The van der Waals surface area contributed by atoms with Crippen molar-refractivity contribution in [2.45, 2.75) is 45.8 Å². The van der Waals surface area contributed by atoms with Crippen LogP contribution in [0.15, 0.2) is 92.0 Å². The number of esters is 4. The maximum atomic E-state index is 12.7. The van der Waals surface area contributed by atoms with Crippen LogP contribution in [-0.2, 0) is 19.1 Å². The lowest BCUT2D eigenvalue weighted by molar-refractivity contribution is -0.143. The lowest BCUT2D eigenvalue weighted by Crippen LogP contribution is -2.16. The van der Waals surface area contributed by atoms with E-state index in [9.17, 15) is 19.2 Å². The first kappa shape index (κ1) is 34.1. The van der Waals surface area contributed by atoms with Gasteiger partial charge in [-0.3, -0.25) is 0 Å². The van der Waals surface area contributed by atoms with E-state index in [2.05, 4.69) is 13.2 Å². The largest absolute Gasteiger partial charge is 0.493 e. The van der Waals surface area contributed by atoms with E-state index in [1.807, 2.05) is 0 Å². The molecule has 236 valence electrons. The van der Waals surface area contributed by atoms with E-state index in [1.54, 1.807) is 81.4 Å². The minimum atomic E-state index is -0.565. The predicted octanol–water partition coefficient (Wildman–Crippen LogP) is 6.21. The molecule has 0 saturated heterocycles. The maximum Gasteiger partial charge on any atom is 0.343 e. The van der Waals surface area contributed by atoms with Gasteiger partial charge in [-0.25, -0.2) is 19.2 Å². The molecule has 10 nitrogen and oxygen atoms in total. The van der Waals surface area contributed by atoms with Crippen LogP contribution in [-0.4, -0.2) is 49.3 Å². The first-order valence-corrected chi connectivity index (χ1v) is 14.2. The van der Waals surface area contributed by atoms with Crippen LogP contribution in [0.2, 0.25) is 0 Å². The van der Waals surface area contributed by atoms with Crippen molar-refractivity contribution in [1.82, 2.24) is 0 Å². The van der Waals surface area contributed by atoms with E-state index in [1.165, 1.54) is 6.07 Å². The van der Waals surface area contributed by atoms with Gasteiger partial charge in [-0.2, -0.15) is 0 Å². The monoisotopic (exact) mass is 616 g/mol. The molecular weight excluding hydrogens is 580 g/mol. The van der Waals surface area contributed by atoms with Gasteiger partial charge in [0.05, 0.1) is 24.3 Å². The lowest BCUT2D eigenvalue weighted by atomic mass is 10.2. The third-order valence-electron chi connectivity index (χ3n) is 6.29. The van der Waals surface area contributed by atoms with Gasteiger partial charge in [0.1, 0.15) is 35.2 Å². The van der Waals surface area contributed by atoms with Crippen molar-refractivity contribution in [2.24, 2.45) is 0 Å². The summed E-state index contributed by atoms with van der Waals surface area (Å²) in [5.74, 6) is -0.389. The molecule has 0 amide bonds. The normalized spacial score (nSPS) is 11.7. The second-order valence-corrected chi connectivity index (χ2v) is 9.93. The number of carbonyl (C=O) groups is 4. The zero-order valence-corrected chi connectivity index (χ0v) is 25.5. The lowest BCUT2D eigenvalue weighted by Gasteiger charge is -2.13. The van der Waals surface area contributed by atoms with Gasteiger partial charge >= 0.3 is 23.9 Å². The van der Waals surface area contributed by atoms with Crippen molar-refractivity contribution in [3.05, 3.63) is 109 Å². The Hall–Kier alpha value is -5.38. The maximum absolute atomic E-state index is 12.7. The van der Waals surface area contributed by atoms with Gasteiger partial charge in [-0.05, 0) is 93.1 Å². The van der Waals surface area contributed by atoms with Crippen molar-refractivity contribution in [2.75, 3.05) is 13.2 Å². The summed E-state index contributed by atoms with van der Waals surface area (Å²) in [7, 11) is 0. The molecule has 2 unspecified atom stereocenters. The molecule has 45 heavy (non-hydrogen) atoms. The summed E-state index contributed by atoms with van der Waals surface area (Å²) >= 11 is 0. The van der Waals surface area contributed by atoms with Crippen molar-refractivity contribution in [1.29, 1.82) is 0 Å². The Kier molecular flexibility index (Phi) is 12.9. The Morgan fingerprint density at radius 1 is 0.644 bits per heavy atom. The van der Waals surface area contributed by atoms with E-state index in [-0.39, 0.29) is 18.0 Å². The van der Waals surface area contributed by atoms with E-state index in [0.717, 1.165) is 12.2 Å². The minimum absolute atomic E-state index is 0.288. The average Bonchev–Trinajstić information content (AvgIpc) is 3.02. The molecule has 0 aliphatic carbocycles. The highest BCUT2D eigenvalue weighted by atomic mass is 16.6. The van der Waals surface area contributed by atoms with Crippen LogP contribution in [0.1, 0.15) is 53.0 Å². The second kappa shape index (κ2) is 17.0. The number of hydrogen-bond acceptors (Lipinski definition) is 10. The number of carbonyl (C=O) groups excluding carboxylic acids is 4. The Morgan fingerprint density at radius 3 is 1.49 bits per heavy atom. The zero-order valence-electron chi connectivity index (χ0n) is 25.5. The van der Waals surface area contributed by atoms with Crippen LogP contribution in [0.25, 0.3) is 0 Å². The van der Waals surface area contributed by atoms with Crippen LogP contribution in [0.3, 0.4) is 0 Å². The Labute approximate surface area is 262 Å². The van der Waals surface area contributed by atoms with Crippen LogP contribution >= 0.6 is 0 Å². The van der Waals surface area contributed by atoms with Crippen LogP contribution in [0, 0.1) is 6.92 Å². The quantitative estimate of drug-likeness (QED) is 0.104. The predicted molar refractivity (Wildman–Crippen MR) is 166 cm³/mol. The zero-order chi connectivity index (χ0) is 32.8. The number of hydrogen-bond donors (Lipinski definition) is 0. The number of rotatable bonds is 16. The highest BCUT2D eigenvalue weighted by molar-refractivity contribution is 5.92. The molecule has 0 bridgehead atoms. The summed E-state index contributed by atoms with van der Waals surface area (Å²) in [4.78, 5) is 47.8. The molecule has 0 N–H and O–H groups in total. The highest BCUT2D eigenvalue weighted by Gasteiger charge is 2.14. The van der Waals surface area contributed by atoms with E-state index >= 15 is 0 Å². The summed E-state index contributed by atoms with van der Waals surface area (Å²) < 4.78 is 32.5. The summed E-state index contributed by atoms with van der Waals surface area (Å²) in [5, 5.41) is 0. The van der Waals surface area contributed by atoms with Crippen LogP contribution in [0.5, 0.6) is 23.0 Å². The van der Waals surface area contributed by atoms with E-state index in [0.29, 0.717) is 60.0 Å². The molecule has 0 radical (unpaired) electrons. The molecule has 3 rings (SSSR count). The molecule has 0 saturated carbocycles. The van der Waals surface area contributed by atoms with Crippen molar-refractivity contribution < 1.29 is 47.6 Å². The second-order valence-electron chi connectivity index (χ2n) is 9.93. The SMILES string of the molecule is C=CC(=O)OC(C)CCOc1ccc(C(=O)Oc2ccc(OC(=O)c3ccc(OCCC(C)OC(=O)C=C)cc3)c(C)c2)cc1. The number of aryl methyl sites for hydroxylation is 1. The van der Waals surface area contributed by atoms with Crippen molar-refractivity contribution >= 4 is 23.9 Å². The summed E-state index contributed by atoms with van der Waals surface area (Å²) in [6.45, 7) is 12.6. The minimum Gasteiger partial charge on any atom is -0.493 e. The molecule has 2 atom stereocenters. The van der Waals surface area contributed by atoms with Crippen molar-refractivity contribution in [3.8, 4) is 23.0 Å². The average molecular weight is 617 g/mol. The first-order chi connectivity index (χ1) is 21.6. The van der Waals surface area contributed by atoms with Crippen LogP contribution in [0.4, 0.5) is 0 Å². The van der Waals surface area contributed by atoms with Gasteiger partial charge in [-0.15, -0.1) is 0 Å². The van der Waals surface area contributed by atoms with Crippen LogP contribution < -0.4 is 18.9 Å². The molecular formula is C35H36O10. The fourth-order valence-electron chi connectivity index (χ4n) is 3.80. The molecule has 0 fully saturated rings. The van der Waals surface area contributed by atoms with Gasteiger partial charge in [0, 0.05) is 25.0 Å². The molecule has 10 heteroatoms. The smallest absolute Gasteiger partial charge is 0.343 e. The van der Waals surface area contributed by atoms with E-state index in [4.69, 9.17) is 28.4 Å². The molecule has 0 heterocycles. The summed E-state index contributed by atoms with van der Waals surface area (Å²) in [6.07, 6.45) is 2.57. The van der Waals surface area contributed by atoms with Gasteiger partial charge in [0.2, 0.25) is 0 Å².